The van der Waals surface area contributed by atoms with Gasteiger partial charge in [-0.3, -0.25) is 4.79 Å². The Balaban J connectivity index is 2.54. The van der Waals surface area contributed by atoms with Crippen molar-refractivity contribution in [1.29, 1.82) is 0 Å². The highest BCUT2D eigenvalue weighted by atomic mass is 79.9. The van der Waals surface area contributed by atoms with Crippen LogP contribution in [0.3, 0.4) is 0 Å². The van der Waals surface area contributed by atoms with Crippen molar-refractivity contribution in [3.8, 4) is 0 Å². The van der Waals surface area contributed by atoms with E-state index >= 15 is 0 Å². The third-order valence-corrected chi connectivity index (χ3v) is 3.23. The molecule has 0 saturated heterocycles. The molecule has 1 unspecified atom stereocenters. The van der Waals surface area contributed by atoms with Gasteiger partial charge in [-0.2, -0.15) is 0 Å². The first kappa shape index (κ1) is 14.2. The molecule has 4 heteroatoms. The zero-order valence-corrected chi connectivity index (χ0v) is 11.2. The van der Waals surface area contributed by atoms with Crippen LogP contribution in [0.25, 0.3) is 0 Å². The van der Waals surface area contributed by atoms with Crippen LogP contribution in [0.4, 0.5) is 0 Å². The Morgan fingerprint density at radius 2 is 1.88 bits per heavy atom. The maximum atomic E-state index is 11.1. The summed E-state index contributed by atoms with van der Waals surface area (Å²) < 4.78 is 0.994. The lowest BCUT2D eigenvalue weighted by Gasteiger charge is -2.12. The summed E-state index contributed by atoms with van der Waals surface area (Å²) >= 11 is 3.35. The Hall–Kier alpha value is -0.870. The molecule has 94 valence electrons. The van der Waals surface area contributed by atoms with Gasteiger partial charge in [-0.05, 0) is 37.0 Å². The minimum atomic E-state index is -0.758. The Kier molecular flexibility index (Phi) is 6.22. The SMILES string of the molecule is O=C(O)C(CCCCO)Cc1ccc(Br)cc1. The minimum Gasteiger partial charge on any atom is -0.481 e. The van der Waals surface area contributed by atoms with E-state index in [-0.39, 0.29) is 12.5 Å². The van der Waals surface area contributed by atoms with E-state index < -0.39 is 5.97 Å². The monoisotopic (exact) mass is 300 g/mol. The molecule has 0 radical (unpaired) electrons. The van der Waals surface area contributed by atoms with Crippen molar-refractivity contribution in [2.45, 2.75) is 25.7 Å². The fourth-order valence-electron chi connectivity index (χ4n) is 1.72. The zero-order chi connectivity index (χ0) is 12.7. The number of aliphatic hydroxyl groups excluding tert-OH is 1. The van der Waals surface area contributed by atoms with Crippen molar-refractivity contribution in [2.75, 3.05) is 6.61 Å². The van der Waals surface area contributed by atoms with E-state index in [1.807, 2.05) is 24.3 Å². The molecule has 0 aliphatic heterocycles. The van der Waals surface area contributed by atoms with Crippen molar-refractivity contribution < 1.29 is 15.0 Å². The van der Waals surface area contributed by atoms with Gasteiger partial charge in [-0.25, -0.2) is 0 Å². The van der Waals surface area contributed by atoms with Crippen LogP contribution in [-0.2, 0) is 11.2 Å². The van der Waals surface area contributed by atoms with Crippen molar-refractivity contribution in [1.82, 2.24) is 0 Å². The van der Waals surface area contributed by atoms with Crippen LogP contribution in [0.5, 0.6) is 0 Å². The van der Waals surface area contributed by atoms with Crippen molar-refractivity contribution in [2.24, 2.45) is 5.92 Å². The molecule has 0 saturated carbocycles. The van der Waals surface area contributed by atoms with Crippen LogP contribution < -0.4 is 0 Å². The molecular weight excluding hydrogens is 284 g/mol. The fourth-order valence-corrected chi connectivity index (χ4v) is 1.98. The number of carbonyl (C=O) groups is 1. The summed E-state index contributed by atoms with van der Waals surface area (Å²) in [5.74, 6) is -1.12. The molecule has 0 aliphatic carbocycles. The van der Waals surface area contributed by atoms with Crippen LogP contribution >= 0.6 is 15.9 Å². The third-order valence-electron chi connectivity index (χ3n) is 2.71. The average Bonchev–Trinajstić information content (AvgIpc) is 2.30. The van der Waals surface area contributed by atoms with Crippen LogP contribution in [0.1, 0.15) is 24.8 Å². The van der Waals surface area contributed by atoms with E-state index in [9.17, 15) is 4.79 Å². The van der Waals surface area contributed by atoms with Crippen molar-refractivity contribution >= 4 is 21.9 Å². The molecule has 1 atom stereocenters. The molecule has 1 aromatic rings. The summed E-state index contributed by atoms with van der Waals surface area (Å²) in [6.45, 7) is 0.130. The van der Waals surface area contributed by atoms with Crippen molar-refractivity contribution in [3.05, 3.63) is 34.3 Å². The van der Waals surface area contributed by atoms with Crippen molar-refractivity contribution in [3.63, 3.8) is 0 Å². The van der Waals surface area contributed by atoms with Crippen LogP contribution in [-0.4, -0.2) is 22.8 Å². The molecule has 1 aromatic carbocycles. The molecule has 2 N–H and O–H groups in total. The largest absolute Gasteiger partial charge is 0.481 e. The van der Waals surface area contributed by atoms with Gasteiger partial charge in [0.05, 0.1) is 5.92 Å². The highest BCUT2D eigenvalue weighted by Crippen LogP contribution is 2.18. The molecule has 0 bridgehead atoms. The average molecular weight is 301 g/mol. The number of rotatable bonds is 7. The van der Waals surface area contributed by atoms with Gasteiger partial charge in [0.25, 0.3) is 0 Å². The first-order valence-corrected chi connectivity index (χ1v) is 6.51. The lowest BCUT2D eigenvalue weighted by molar-refractivity contribution is -0.142. The summed E-state index contributed by atoms with van der Waals surface area (Å²) in [5, 5.41) is 17.8. The summed E-state index contributed by atoms with van der Waals surface area (Å²) in [5.41, 5.74) is 1.03. The number of halogens is 1. The van der Waals surface area contributed by atoms with Crippen LogP contribution in [0.2, 0.25) is 0 Å². The predicted molar refractivity (Wildman–Crippen MR) is 69.9 cm³/mol. The Morgan fingerprint density at radius 1 is 1.24 bits per heavy atom. The number of hydrogen-bond donors (Lipinski definition) is 2. The molecule has 0 spiro atoms. The first-order valence-electron chi connectivity index (χ1n) is 5.71. The number of carboxylic acids is 1. The van der Waals surface area contributed by atoms with E-state index in [2.05, 4.69) is 15.9 Å². The predicted octanol–water partition coefficient (Wildman–Crippen LogP) is 2.86. The molecule has 1 rings (SSSR count). The molecular formula is C13H17BrO3. The quantitative estimate of drug-likeness (QED) is 0.761. The Labute approximate surface area is 110 Å². The zero-order valence-electron chi connectivity index (χ0n) is 9.60. The Bertz CT molecular complexity index is 348. The number of carboxylic acid groups (broad SMARTS) is 1. The van der Waals surface area contributed by atoms with E-state index in [0.717, 1.165) is 16.5 Å². The second-order valence-corrected chi connectivity index (χ2v) is 5.00. The molecule has 0 heterocycles. The van der Waals surface area contributed by atoms with Gasteiger partial charge < -0.3 is 10.2 Å². The normalized spacial score (nSPS) is 12.4. The highest BCUT2D eigenvalue weighted by molar-refractivity contribution is 9.10. The molecule has 3 nitrogen and oxygen atoms in total. The summed E-state index contributed by atoms with van der Waals surface area (Å²) in [4.78, 5) is 11.1. The summed E-state index contributed by atoms with van der Waals surface area (Å²) in [7, 11) is 0. The fraction of sp³-hybridized carbons (Fsp3) is 0.462. The third kappa shape index (κ3) is 5.33. The number of hydrogen-bond acceptors (Lipinski definition) is 2. The summed E-state index contributed by atoms with van der Waals surface area (Å²) in [6, 6.07) is 7.71. The molecule has 0 amide bonds. The molecule has 17 heavy (non-hydrogen) atoms. The van der Waals surface area contributed by atoms with E-state index in [4.69, 9.17) is 10.2 Å². The van der Waals surface area contributed by atoms with E-state index in [1.165, 1.54) is 0 Å². The number of unbranched alkanes of at least 4 members (excludes halogenated alkanes) is 1. The maximum Gasteiger partial charge on any atom is 0.306 e. The van der Waals surface area contributed by atoms with Gasteiger partial charge in [0.15, 0.2) is 0 Å². The van der Waals surface area contributed by atoms with Crippen LogP contribution in [0, 0.1) is 5.92 Å². The maximum absolute atomic E-state index is 11.1. The second kappa shape index (κ2) is 7.45. The topological polar surface area (TPSA) is 57.5 Å². The number of aliphatic hydroxyl groups is 1. The van der Waals surface area contributed by atoms with Crippen LogP contribution in [0.15, 0.2) is 28.7 Å². The lowest BCUT2D eigenvalue weighted by Crippen LogP contribution is -2.16. The highest BCUT2D eigenvalue weighted by Gasteiger charge is 2.17. The molecule has 0 fully saturated rings. The first-order chi connectivity index (χ1) is 8.13. The summed E-state index contributed by atoms with van der Waals surface area (Å²) in [6.07, 6.45) is 2.59. The van der Waals surface area contributed by atoms with Gasteiger partial charge in [-0.15, -0.1) is 0 Å². The van der Waals surface area contributed by atoms with Gasteiger partial charge in [0.1, 0.15) is 0 Å². The number of aliphatic carboxylic acids is 1. The van der Waals surface area contributed by atoms with E-state index in [0.29, 0.717) is 19.3 Å². The molecule has 0 aliphatic rings. The molecule has 0 aromatic heterocycles. The lowest BCUT2D eigenvalue weighted by atomic mass is 9.94. The van der Waals surface area contributed by atoms with Gasteiger partial charge >= 0.3 is 5.97 Å². The van der Waals surface area contributed by atoms with Gasteiger partial charge in [0.2, 0.25) is 0 Å². The number of benzene rings is 1. The second-order valence-electron chi connectivity index (χ2n) is 4.09. The van der Waals surface area contributed by atoms with Gasteiger partial charge in [0, 0.05) is 11.1 Å². The van der Waals surface area contributed by atoms with E-state index in [1.54, 1.807) is 0 Å². The van der Waals surface area contributed by atoms with Gasteiger partial charge in [-0.1, -0.05) is 34.5 Å². The smallest absolute Gasteiger partial charge is 0.306 e. The minimum absolute atomic E-state index is 0.130. The Morgan fingerprint density at radius 3 is 2.41 bits per heavy atom. The standard InChI is InChI=1S/C13H17BrO3/c14-12-6-4-10(5-7-12)9-11(13(16)17)3-1-2-8-15/h4-7,11,15H,1-3,8-9H2,(H,16,17).